The van der Waals surface area contributed by atoms with Crippen LogP contribution in [-0.2, 0) is 4.74 Å². The molecular weight excluding hydrogens is 224 g/mol. The molecule has 1 rings (SSSR count). The number of ether oxygens (including phenoxy) is 1. The van der Waals surface area contributed by atoms with E-state index in [0.29, 0.717) is 11.5 Å². The molecule has 0 aromatic heterocycles. The van der Waals surface area contributed by atoms with E-state index in [2.05, 4.69) is 37.9 Å². The van der Waals surface area contributed by atoms with Crippen LogP contribution in [0.25, 0.3) is 0 Å². The predicted octanol–water partition coefficient (Wildman–Crippen LogP) is 2.51. The van der Waals surface area contributed by atoms with E-state index in [-0.39, 0.29) is 0 Å². The lowest BCUT2D eigenvalue weighted by Gasteiger charge is -2.36. The Labute approximate surface area is 113 Å². The maximum atomic E-state index is 5.61. The Hall–Kier alpha value is -0.120. The van der Waals surface area contributed by atoms with E-state index < -0.39 is 0 Å². The molecule has 1 aliphatic rings. The first-order valence-corrected chi connectivity index (χ1v) is 7.55. The van der Waals surface area contributed by atoms with Gasteiger partial charge in [0.2, 0.25) is 0 Å². The van der Waals surface area contributed by atoms with Crippen molar-refractivity contribution in [3.63, 3.8) is 0 Å². The van der Waals surface area contributed by atoms with Crippen molar-refractivity contribution < 1.29 is 4.74 Å². The Bertz CT molecular complexity index is 213. The first kappa shape index (κ1) is 15.9. The molecule has 0 spiro atoms. The monoisotopic (exact) mass is 256 g/mol. The molecule has 0 bridgehead atoms. The number of hydrogen-bond acceptors (Lipinski definition) is 3. The Morgan fingerprint density at radius 1 is 1.33 bits per heavy atom. The fourth-order valence-corrected chi connectivity index (χ4v) is 2.43. The number of morpholine rings is 1. The van der Waals surface area contributed by atoms with Gasteiger partial charge in [-0.3, -0.25) is 4.90 Å². The van der Waals surface area contributed by atoms with Gasteiger partial charge in [0.1, 0.15) is 0 Å². The number of hydrogen-bond donors (Lipinski definition) is 1. The van der Waals surface area contributed by atoms with Gasteiger partial charge < -0.3 is 10.1 Å². The standard InChI is InChI=1S/C15H32N2O/c1-5-8-16-12-14-13-18-11-10-17(14)9-6-7-15(2,3)4/h14,16H,5-13H2,1-4H3. The molecule has 3 heteroatoms. The molecule has 1 atom stereocenters. The Morgan fingerprint density at radius 2 is 2.11 bits per heavy atom. The highest BCUT2D eigenvalue weighted by Gasteiger charge is 2.22. The van der Waals surface area contributed by atoms with Gasteiger partial charge in [-0.05, 0) is 37.8 Å². The predicted molar refractivity (Wildman–Crippen MR) is 78.0 cm³/mol. The quantitative estimate of drug-likeness (QED) is 0.708. The van der Waals surface area contributed by atoms with Crippen molar-refractivity contribution in [2.24, 2.45) is 5.41 Å². The smallest absolute Gasteiger partial charge is 0.0634 e. The van der Waals surface area contributed by atoms with Gasteiger partial charge in [-0.15, -0.1) is 0 Å². The molecule has 1 saturated heterocycles. The summed E-state index contributed by atoms with van der Waals surface area (Å²) in [5, 5.41) is 3.52. The minimum Gasteiger partial charge on any atom is -0.378 e. The van der Waals surface area contributed by atoms with Crippen LogP contribution in [0.5, 0.6) is 0 Å². The molecule has 1 aliphatic heterocycles. The summed E-state index contributed by atoms with van der Waals surface area (Å²) in [6.45, 7) is 15.5. The first-order valence-electron chi connectivity index (χ1n) is 7.55. The lowest BCUT2D eigenvalue weighted by molar-refractivity contribution is -0.00816. The second-order valence-electron chi connectivity index (χ2n) is 6.63. The van der Waals surface area contributed by atoms with Crippen molar-refractivity contribution >= 4 is 0 Å². The van der Waals surface area contributed by atoms with E-state index in [9.17, 15) is 0 Å². The summed E-state index contributed by atoms with van der Waals surface area (Å²) in [6, 6.07) is 0.574. The average Bonchev–Trinajstić information content (AvgIpc) is 2.30. The fraction of sp³-hybridized carbons (Fsp3) is 1.00. The molecule has 0 aromatic rings. The van der Waals surface area contributed by atoms with Gasteiger partial charge in [-0.2, -0.15) is 0 Å². The largest absolute Gasteiger partial charge is 0.378 e. The summed E-state index contributed by atoms with van der Waals surface area (Å²) in [6.07, 6.45) is 3.81. The van der Waals surface area contributed by atoms with Crippen LogP contribution in [0.3, 0.4) is 0 Å². The van der Waals surface area contributed by atoms with E-state index >= 15 is 0 Å². The minimum atomic E-state index is 0.461. The fourth-order valence-electron chi connectivity index (χ4n) is 2.43. The lowest BCUT2D eigenvalue weighted by Crippen LogP contribution is -2.50. The third-order valence-corrected chi connectivity index (χ3v) is 3.53. The van der Waals surface area contributed by atoms with Crippen LogP contribution in [-0.4, -0.2) is 50.3 Å². The van der Waals surface area contributed by atoms with Crippen molar-refractivity contribution in [1.82, 2.24) is 10.2 Å². The SMILES string of the molecule is CCCNCC1COCCN1CCCC(C)(C)C. The van der Waals surface area contributed by atoms with Crippen LogP contribution in [0, 0.1) is 5.41 Å². The third-order valence-electron chi connectivity index (χ3n) is 3.53. The normalized spacial score (nSPS) is 22.3. The highest BCUT2D eigenvalue weighted by molar-refractivity contribution is 4.78. The number of rotatable bonds is 7. The molecule has 0 aromatic carbocycles. The maximum Gasteiger partial charge on any atom is 0.0634 e. The van der Waals surface area contributed by atoms with Gasteiger partial charge in [0.15, 0.2) is 0 Å². The van der Waals surface area contributed by atoms with Crippen LogP contribution in [0.1, 0.15) is 47.0 Å². The molecule has 1 unspecified atom stereocenters. The van der Waals surface area contributed by atoms with E-state index in [1.165, 1.54) is 25.8 Å². The Morgan fingerprint density at radius 3 is 2.78 bits per heavy atom. The Kier molecular flexibility index (Phi) is 7.20. The molecule has 1 fully saturated rings. The van der Waals surface area contributed by atoms with Crippen LogP contribution in [0.4, 0.5) is 0 Å². The highest BCUT2D eigenvalue weighted by atomic mass is 16.5. The maximum absolute atomic E-state index is 5.61. The zero-order valence-corrected chi connectivity index (χ0v) is 12.8. The summed E-state index contributed by atoms with van der Waals surface area (Å²) in [4.78, 5) is 2.61. The molecule has 3 nitrogen and oxygen atoms in total. The van der Waals surface area contributed by atoms with Crippen molar-refractivity contribution in [2.75, 3.05) is 39.4 Å². The van der Waals surface area contributed by atoms with Gasteiger partial charge in [-0.25, -0.2) is 0 Å². The van der Waals surface area contributed by atoms with Crippen molar-refractivity contribution in [3.8, 4) is 0 Å². The van der Waals surface area contributed by atoms with Gasteiger partial charge in [0, 0.05) is 19.1 Å². The van der Waals surface area contributed by atoms with Crippen LogP contribution in [0.2, 0.25) is 0 Å². The van der Waals surface area contributed by atoms with Crippen LogP contribution in [0.15, 0.2) is 0 Å². The third kappa shape index (κ3) is 6.72. The summed E-state index contributed by atoms with van der Waals surface area (Å²) < 4.78 is 5.61. The van der Waals surface area contributed by atoms with E-state index in [4.69, 9.17) is 4.74 Å². The molecule has 0 aliphatic carbocycles. The van der Waals surface area contributed by atoms with Gasteiger partial charge in [0.25, 0.3) is 0 Å². The van der Waals surface area contributed by atoms with Gasteiger partial charge >= 0.3 is 0 Å². The highest BCUT2D eigenvalue weighted by Crippen LogP contribution is 2.21. The van der Waals surface area contributed by atoms with E-state index in [0.717, 1.165) is 32.8 Å². The van der Waals surface area contributed by atoms with Crippen molar-refractivity contribution in [2.45, 2.75) is 53.0 Å². The second-order valence-corrected chi connectivity index (χ2v) is 6.63. The van der Waals surface area contributed by atoms with Crippen LogP contribution < -0.4 is 5.32 Å². The summed E-state index contributed by atoms with van der Waals surface area (Å²) in [7, 11) is 0. The van der Waals surface area contributed by atoms with Gasteiger partial charge in [-0.1, -0.05) is 27.7 Å². The van der Waals surface area contributed by atoms with Crippen molar-refractivity contribution in [3.05, 3.63) is 0 Å². The molecule has 108 valence electrons. The summed E-state index contributed by atoms with van der Waals surface area (Å²) in [5.74, 6) is 0. The van der Waals surface area contributed by atoms with E-state index in [1.54, 1.807) is 0 Å². The summed E-state index contributed by atoms with van der Waals surface area (Å²) >= 11 is 0. The molecule has 0 radical (unpaired) electrons. The topological polar surface area (TPSA) is 24.5 Å². The lowest BCUT2D eigenvalue weighted by atomic mass is 9.90. The minimum absolute atomic E-state index is 0.461. The molecular formula is C15H32N2O. The molecule has 1 N–H and O–H groups in total. The zero-order valence-electron chi connectivity index (χ0n) is 12.8. The molecule has 0 saturated carbocycles. The van der Waals surface area contributed by atoms with Crippen LogP contribution >= 0.6 is 0 Å². The second kappa shape index (κ2) is 8.13. The molecule has 0 amide bonds. The number of nitrogens with one attached hydrogen (secondary N) is 1. The average molecular weight is 256 g/mol. The molecule has 18 heavy (non-hydrogen) atoms. The first-order chi connectivity index (χ1) is 8.53. The number of nitrogens with zero attached hydrogens (tertiary/aromatic N) is 1. The summed E-state index contributed by atoms with van der Waals surface area (Å²) in [5.41, 5.74) is 0.461. The Balaban J connectivity index is 2.26. The van der Waals surface area contributed by atoms with E-state index in [1.807, 2.05) is 0 Å². The van der Waals surface area contributed by atoms with Crippen molar-refractivity contribution in [1.29, 1.82) is 0 Å². The molecule has 1 heterocycles. The van der Waals surface area contributed by atoms with Gasteiger partial charge in [0.05, 0.1) is 13.2 Å². The zero-order chi connectivity index (χ0) is 13.4.